The number of halogens is 4. The largest absolute Gasteiger partial charge is 0.461 e. The summed E-state index contributed by atoms with van der Waals surface area (Å²) in [4.78, 5) is 16.2. The van der Waals surface area contributed by atoms with Crippen LogP contribution in [0, 0.1) is 0 Å². The minimum atomic E-state index is -4.57. The van der Waals surface area contributed by atoms with Crippen LogP contribution in [0.4, 0.5) is 17.6 Å². The molecule has 11 heteroatoms. The van der Waals surface area contributed by atoms with E-state index >= 15 is 0 Å². The Labute approximate surface area is 161 Å². The molecule has 2 aromatic heterocycles. The number of pyridine rings is 1. The van der Waals surface area contributed by atoms with Crippen LogP contribution in [0.1, 0.15) is 16.1 Å². The maximum Gasteiger partial charge on any atom is 0.461 e. The molecule has 1 amide bonds. The Kier molecular flexibility index (Phi) is 5.97. The molecule has 3 aromatic rings. The van der Waals surface area contributed by atoms with Crippen LogP contribution in [0.2, 0.25) is 0 Å². The predicted molar refractivity (Wildman–Crippen MR) is 94.1 cm³/mol. The van der Waals surface area contributed by atoms with Crippen molar-refractivity contribution in [3.8, 4) is 5.75 Å². The van der Waals surface area contributed by atoms with E-state index in [2.05, 4.69) is 20.1 Å². The fraction of sp³-hybridized carbons (Fsp3) is 0.278. The number of benzene rings is 1. The number of alkyl halides is 4. The van der Waals surface area contributed by atoms with Crippen LogP contribution in [-0.4, -0.2) is 51.5 Å². The Hall–Kier alpha value is -3.21. The number of aromatic nitrogens is 3. The third-order valence-electron chi connectivity index (χ3n) is 3.87. The van der Waals surface area contributed by atoms with E-state index in [0.717, 1.165) is 12.1 Å². The van der Waals surface area contributed by atoms with Crippen molar-refractivity contribution in [3.05, 3.63) is 54.0 Å². The summed E-state index contributed by atoms with van der Waals surface area (Å²) in [5.74, 6) is -0.845. The predicted octanol–water partition coefficient (Wildman–Crippen LogP) is 2.44. The van der Waals surface area contributed by atoms with Crippen LogP contribution in [0.15, 0.2) is 42.7 Å². The highest BCUT2D eigenvalue weighted by Crippen LogP contribution is 2.27. The van der Waals surface area contributed by atoms with Gasteiger partial charge in [0.25, 0.3) is 5.91 Å². The first-order valence-corrected chi connectivity index (χ1v) is 8.45. The van der Waals surface area contributed by atoms with E-state index in [1.807, 2.05) is 0 Å². The smallest absolute Gasteiger partial charge is 0.428 e. The second kappa shape index (κ2) is 8.43. The summed E-state index contributed by atoms with van der Waals surface area (Å²) < 4.78 is 55.8. The van der Waals surface area contributed by atoms with Crippen molar-refractivity contribution in [2.24, 2.45) is 0 Å². The zero-order chi connectivity index (χ0) is 21.0. The number of hydrogen-bond donors (Lipinski definition) is 2. The molecule has 154 valence electrons. The fourth-order valence-corrected chi connectivity index (χ4v) is 2.56. The Morgan fingerprint density at radius 2 is 1.97 bits per heavy atom. The third kappa shape index (κ3) is 4.80. The highest BCUT2D eigenvalue weighted by molar-refractivity contribution is 6.04. The number of ether oxygens (including phenoxy) is 1. The molecule has 0 aliphatic rings. The summed E-state index contributed by atoms with van der Waals surface area (Å²) in [6, 6.07) is 6.82. The molecule has 2 heterocycles. The van der Waals surface area contributed by atoms with Gasteiger partial charge < -0.3 is 15.2 Å². The van der Waals surface area contributed by atoms with Gasteiger partial charge in [0.05, 0.1) is 24.1 Å². The van der Waals surface area contributed by atoms with Crippen LogP contribution in [0.3, 0.4) is 0 Å². The molecule has 7 nitrogen and oxygen atoms in total. The lowest BCUT2D eigenvalue weighted by Crippen LogP contribution is -2.33. The van der Waals surface area contributed by atoms with Crippen molar-refractivity contribution in [1.29, 1.82) is 0 Å². The Balaban J connectivity index is 1.76. The van der Waals surface area contributed by atoms with Crippen LogP contribution >= 0.6 is 0 Å². The van der Waals surface area contributed by atoms with E-state index in [0.29, 0.717) is 16.5 Å². The molecule has 0 spiro atoms. The lowest BCUT2D eigenvalue weighted by Gasteiger charge is -2.16. The monoisotopic (exact) mass is 412 g/mol. The standard InChI is InChI=1S/C18H16F4N4O3/c19-17(20)18(21,22)29-12-3-1-11(2-4-12)9-26-10-13-14(25-26)5-6-23-15(13)16(28)24-7-8-27/h1-6,10,17,27H,7-9H2,(H,24,28). The van der Waals surface area contributed by atoms with Crippen LogP contribution in [0.5, 0.6) is 5.75 Å². The number of aliphatic hydroxyl groups is 1. The molecular formula is C18H16F4N4O3. The van der Waals surface area contributed by atoms with Crippen LogP contribution in [-0.2, 0) is 6.54 Å². The highest BCUT2D eigenvalue weighted by atomic mass is 19.3. The van der Waals surface area contributed by atoms with Gasteiger partial charge in [-0.05, 0) is 23.8 Å². The van der Waals surface area contributed by atoms with E-state index in [-0.39, 0.29) is 25.4 Å². The molecule has 0 bridgehead atoms. The molecule has 2 N–H and O–H groups in total. The minimum Gasteiger partial charge on any atom is -0.428 e. The number of nitrogens with zero attached hydrogens (tertiary/aromatic N) is 3. The molecule has 29 heavy (non-hydrogen) atoms. The van der Waals surface area contributed by atoms with E-state index in [9.17, 15) is 22.4 Å². The zero-order valence-electron chi connectivity index (χ0n) is 14.9. The van der Waals surface area contributed by atoms with Crippen molar-refractivity contribution < 1.29 is 32.2 Å². The average molecular weight is 412 g/mol. The average Bonchev–Trinajstić information content (AvgIpc) is 3.09. The Morgan fingerprint density at radius 3 is 2.62 bits per heavy atom. The zero-order valence-corrected chi connectivity index (χ0v) is 14.9. The van der Waals surface area contributed by atoms with Gasteiger partial charge in [0.2, 0.25) is 0 Å². The molecule has 0 fully saturated rings. The number of fused-ring (bicyclic) bond motifs is 1. The van der Waals surface area contributed by atoms with Crippen molar-refractivity contribution in [1.82, 2.24) is 20.1 Å². The normalized spacial score (nSPS) is 11.8. The van der Waals surface area contributed by atoms with Gasteiger partial charge in [-0.2, -0.15) is 22.7 Å². The number of carbonyl (C=O) groups excluding carboxylic acids is 1. The van der Waals surface area contributed by atoms with Gasteiger partial charge in [0, 0.05) is 18.9 Å². The van der Waals surface area contributed by atoms with Crippen LogP contribution < -0.4 is 10.1 Å². The van der Waals surface area contributed by atoms with E-state index in [4.69, 9.17) is 5.11 Å². The van der Waals surface area contributed by atoms with Crippen molar-refractivity contribution >= 4 is 16.8 Å². The quantitative estimate of drug-likeness (QED) is 0.555. The number of carbonyl (C=O) groups is 1. The maximum absolute atomic E-state index is 12.9. The second-order valence-electron chi connectivity index (χ2n) is 6.01. The van der Waals surface area contributed by atoms with Gasteiger partial charge in [-0.15, -0.1) is 0 Å². The van der Waals surface area contributed by atoms with Gasteiger partial charge in [0.1, 0.15) is 11.4 Å². The molecule has 0 aliphatic heterocycles. The van der Waals surface area contributed by atoms with Gasteiger partial charge >= 0.3 is 12.5 Å². The number of aliphatic hydroxyl groups excluding tert-OH is 1. The minimum absolute atomic E-state index is 0.0874. The van der Waals surface area contributed by atoms with E-state index in [1.54, 1.807) is 12.3 Å². The first-order valence-electron chi connectivity index (χ1n) is 8.45. The SMILES string of the molecule is O=C(NCCO)c1nccc2nn(Cc3ccc(OC(F)(F)C(F)F)cc3)cc12. The summed E-state index contributed by atoms with van der Waals surface area (Å²) in [6.07, 6.45) is -5.47. The summed E-state index contributed by atoms with van der Waals surface area (Å²) >= 11 is 0. The molecule has 0 unspecified atom stereocenters. The number of hydrogen-bond acceptors (Lipinski definition) is 5. The fourth-order valence-electron chi connectivity index (χ4n) is 2.56. The van der Waals surface area contributed by atoms with E-state index < -0.39 is 24.2 Å². The van der Waals surface area contributed by atoms with Crippen molar-refractivity contribution in [2.75, 3.05) is 13.2 Å². The lowest BCUT2D eigenvalue weighted by atomic mass is 10.2. The lowest BCUT2D eigenvalue weighted by molar-refractivity contribution is -0.253. The van der Waals surface area contributed by atoms with Crippen LogP contribution in [0.25, 0.3) is 10.9 Å². The van der Waals surface area contributed by atoms with E-state index in [1.165, 1.54) is 23.0 Å². The summed E-state index contributed by atoms with van der Waals surface area (Å²) in [6.45, 7) is 0.117. The highest BCUT2D eigenvalue weighted by Gasteiger charge is 2.43. The molecule has 0 radical (unpaired) electrons. The first kappa shape index (κ1) is 20.5. The molecular weight excluding hydrogens is 396 g/mol. The number of nitrogens with one attached hydrogen (secondary N) is 1. The third-order valence-corrected chi connectivity index (χ3v) is 3.87. The van der Waals surface area contributed by atoms with Gasteiger partial charge in [0.15, 0.2) is 0 Å². The topological polar surface area (TPSA) is 89.3 Å². The summed E-state index contributed by atoms with van der Waals surface area (Å²) in [7, 11) is 0. The summed E-state index contributed by atoms with van der Waals surface area (Å²) in [5.41, 5.74) is 1.32. The molecule has 0 atom stereocenters. The molecule has 3 rings (SSSR count). The van der Waals surface area contributed by atoms with Crippen molar-refractivity contribution in [2.45, 2.75) is 19.1 Å². The molecule has 1 aromatic carbocycles. The van der Waals surface area contributed by atoms with Crippen molar-refractivity contribution in [3.63, 3.8) is 0 Å². The Morgan fingerprint density at radius 1 is 1.24 bits per heavy atom. The second-order valence-corrected chi connectivity index (χ2v) is 6.01. The first-order chi connectivity index (χ1) is 13.8. The maximum atomic E-state index is 12.9. The molecule has 0 saturated heterocycles. The van der Waals surface area contributed by atoms with Gasteiger partial charge in [-0.1, -0.05) is 12.1 Å². The molecule has 0 aliphatic carbocycles. The number of amides is 1. The van der Waals surface area contributed by atoms with Gasteiger partial charge in [-0.25, -0.2) is 0 Å². The Bertz CT molecular complexity index is 992. The van der Waals surface area contributed by atoms with Gasteiger partial charge in [-0.3, -0.25) is 14.5 Å². The number of rotatable bonds is 8. The molecule has 0 saturated carbocycles. The summed E-state index contributed by atoms with van der Waals surface area (Å²) in [5, 5.41) is 16.2.